The number of rotatable bonds is 13. The average molecular weight is 799 g/mol. The molecule has 2 amide bonds. The zero-order valence-corrected chi connectivity index (χ0v) is 31.2. The van der Waals surface area contributed by atoms with Crippen LogP contribution in [-0.2, 0) is 20.0 Å². The summed E-state index contributed by atoms with van der Waals surface area (Å²) >= 11 is 0. The monoisotopic (exact) mass is 798 g/mol. The third-order valence-electron chi connectivity index (χ3n) is 8.31. The number of amides is 2. The first-order valence-corrected chi connectivity index (χ1v) is 19.5. The van der Waals surface area contributed by atoms with E-state index in [4.69, 9.17) is 9.47 Å². The van der Waals surface area contributed by atoms with E-state index in [1.54, 1.807) is 60.7 Å². The summed E-state index contributed by atoms with van der Waals surface area (Å²) < 4.78 is 94.6. The van der Waals surface area contributed by atoms with Crippen molar-refractivity contribution in [2.45, 2.75) is 9.79 Å². The molecule has 56 heavy (non-hydrogen) atoms. The highest BCUT2D eigenvalue weighted by Crippen LogP contribution is 2.36. The van der Waals surface area contributed by atoms with Crippen LogP contribution in [0.1, 0.15) is 20.7 Å². The summed E-state index contributed by atoms with van der Waals surface area (Å²) in [6.07, 6.45) is 0. The predicted octanol–water partition coefficient (Wildman–Crippen LogP) is 7.76. The fraction of sp³-hybridized carbons (Fsp3) is 0.0500. The van der Waals surface area contributed by atoms with Gasteiger partial charge in [-0.05, 0) is 108 Å². The molecule has 4 N–H and O–H groups in total. The standard InChI is InChI=1S/C40H32F2N4O8S2/c1-53-37-23-25(11-21-35(37)43-39(47)31-7-3-5-9-33(31)45-55(49,50)29-17-13-27(41)14-18-29)26-12-22-36(38(24-26)54-2)44-40(48)32-8-4-6-10-34(32)46-56(51,52)30-19-15-28(42)16-20-30/h3-24,45-46H,1-2H3,(H,43,47)(H,44,48). The summed E-state index contributed by atoms with van der Waals surface area (Å²) in [5, 5.41) is 5.50. The quantitative estimate of drug-likeness (QED) is 0.0920. The molecule has 6 aromatic rings. The van der Waals surface area contributed by atoms with Crippen molar-refractivity contribution in [3.05, 3.63) is 156 Å². The molecular formula is C40H32F2N4O8S2. The Hall–Kier alpha value is -6.78. The van der Waals surface area contributed by atoms with Crippen LogP contribution in [0.15, 0.2) is 143 Å². The van der Waals surface area contributed by atoms with Crippen LogP contribution in [0.25, 0.3) is 11.1 Å². The highest BCUT2D eigenvalue weighted by atomic mass is 32.2. The van der Waals surface area contributed by atoms with E-state index in [-0.39, 0.29) is 55.2 Å². The molecule has 0 heterocycles. The number of para-hydroxylation sites is 2. The second-order valence-electron chi connectivity index (χ2n) is 11.9. The predicted molar refractivity (Wildman–Crippen MR) is 208 cm³/mol. The average Bonchev–Trinajstić information content (AvgIpc) is 3.18. The summed E-state index contributed by atoms with van der Waals surface area (Å²) in [4.78, 5) is 26.5. The molecule has 0 radical (unpaired) electrons. The highest BCUT2D eigenvalue weighted by molar-refractivity contribution is 7.93. The Kier molecular flexibility index (Phi) is 11.3. The molecule has 16 heteroatoms. The van der Waals surface area contributed by atoms with Crippen LogP contribution in [0.3, 0.4) is 0 Å². The normalized spacial score (nSPS) is 11.3. The summed E-state index contributed by atoms with van der Waals surface area (Å²) in [6, 6.07) is 30.4. The molecule has 0 aliphatic heterocycles. The Morgan fingerprint density at radius 3 is 1.20 bits per heavy atom. The van der Waals surface area contributed by atoms with E-state index in [0.717, 1.165) is 48.5 Å². The van der Waals surface area contributed by atoms with Gasteiger partial charge in [-0.15, -0.1) is 0 Å². The van der Waals surface area contributed by atoms with Crippen LogP contribution in [0.4, 0.5) is 31.5 Å². The van der Waals surface area contributed by atoms with Crippen LogP contribution in [0.2, 0.25) is 0 Å². The van der Waals surface area contributed by atoms with Gasteiger partial charge in [0.25, 0.3) is 31.9 Å². The maximum absolute atomic E-state index is 13.5. The van der Waals surface area contributed by atoms with Crippen molar-refractivity contribution in [1.82, 2.24) is 0 Å². The van der Waals surface area contributed by atoms with Crippen LogP contribution in [-0.4, -0.2) is 42.9 Å². The van der Waals surface area contributed by atoms with E-state index in [2.05, 4.69) is 20.1 Å². The minimum atomic E-state index is -4.15. The van der Waals surface area contributed by atoms with Gasteiger partial charge >= 0.3 is 0 Å². The molecule has 12 nitrogen and oxygen atoms in total. The lowest BCUT2D eigenvalue weighted by atomic mass is 10.0. The zero-order chi connectivity index (χ0) is 40.0. The number of hydrogen-bond donors (Lipinski definition) is 4. The lowest BCUT2D eigenvalue weighted by Crippen LogP contribution is -2.19. The molecular weight excluding hydrogens is 767 g/mol. The van der Waals surface area contributed by atoms with Gasteiger partial charge in [0.1, 0.15) is 23.1 Å². The lowest BCUT2D eigenvalue weighted by molar-refractivity contribution is 0.101. The number of hydrogen-bond acceptors (Lipinski definition) is 8. The first-order chi connectivity index (χ1) is 26.8. The Balaban J connectivity index is 1.19. The minimum absolute atomic E-state index is 0.000954. The van der Waals surface area contributed by atoms with Crippen molar-refractivity contribution in [2.24, 2.45) is 0 Å². The highest BCUT2D eigenvalue weighted by Gasteiger charge is 2.22. The number of ether oxygens (including phenoxy) is 2. The number of methoxy groups -OCH3 is 2. The third kappa shape index (κ3) is 8.77. The van der Waals surface area contributed by atoms with E-state index in [9.17, 15) is 35.2 Å². The second-order valence-corrected chi connectivity index (χ2v) is 15.3. The fourth-order valence-electron chi connectivity index (χ4n) is 5.50. The fourth-order valence-corrected chi connectivity index (χ4v) is 7.66. The van der Waals surface area contributed by atoms with Gasteiger partial charge in [-0.3, -0.25) is 19.0 Å². The molecule has 0 saturated carbocycles. The van der Waals surface area contributed by atoms with E-state index in [1.165, 1.54) is 38.5 Å². The molecule has 0 unspecified atom stereocenters. The number of nitrogens with one attached hydrogen (secondary N) is 4. The Morgan fingerprint density at radius 2 is 0.839 bits per heavy atom. The largest absolute Gasteiger partial charge is 0.495 e. The third-order valence-corrected chi connectivity index (χ3v) is 11.1. The number of carbonyl (C=O) groups is 2. The zero-order valence-electron chi connectivity index (χ0n) is 29.5. The van der Waals surface area contributed by atoms with E-state index in [0.29, 0.717) is 11.1 Å². The molecule has 0 atom stereocenters. The summed E-state index contributed by atoms with van der Waals surface area (Å²) in [7, 11) is -5.47. The molecule has 0 aliphatic rings. The van der Waals surface area contributed by atoms with Gasteiger partial charge in [-0.1, -0.05) is 36.4 Å². The van der Waals surface area contributed by atoms with Crippen molar-refractivity contribution in [2.75, 3.05) is 34.3 Å². The van der Waals surface area contributed by atoms with Crippen molar-refractivity contribution in [3.63, 3.8) is 0 Å². The van der Waals surface area contributed by atoms with Crippen LogP contribution >= 0.6 is 0 Å². The molecule has 6 aromatic carbocycles. The van der Waals surface area contributed by atoms with E-state index in [1.807, 2.05) is 0 Å². The molecule has 286 valence electrons. The van der Waals surface area contributed by atoms with E-state index >= 15 is 0 Å². The Labute approximate surface area is 321 Å². The smallest absolute Gasteiger partial charge is 0.261 e. The number of benzene rings is 6. The minimum Gasteiger partial charge on any atom is -0.495 e. The van der Waals surface area contributed by atoms with Gasteiger partial charge in [-0.2, -0.15) is 0 Å². The molecule has 6 rings (SSSR count). The number of anilines is 4. The Morgan fingerprint density at radius 1 is 0.482 bits per heavy atom. The van der Waals surface area contributed by atoms with Crippen molar-refractivity contribution < 1.29 is 44.7 Å². The van der Waals surface area contributed by atoms with Gasteiger partial charge in [0.05, 0.1) is 57.9 Å². The van der Waals surface area contributed by atoms with Crippen LogP contribution in [0.5, 0.6) is 11.5 Å². The molecule has 0 spiro atoms. The van der Waals surface area contributed by atoms with Crippen molar-refractivity contribution >= 4 is 54.6 Å². The van der Waals surface area contributed by atoms with Gasteiger partial charge in [-0.25, -0.2) is 25.6 Å². The number of halogens is 2. The molecule has 0 saturated heterocycles. The maximum atomic E-state index is 13.5. The molecule has 0 aliphatic carbocycles. The lowest BCUT2D eigenvalue weighted by Gasteiger charge is -2.16. The van der Waals surface area contributed by atoms with Crippen molar-refractivity contribution in [1.29, 1.82) is 0 Å². The SMILES string of the molecule is COc1cc(-c2ccc(NC(=O)c3ccccc3NS(=O)(=O)c3ccc(F)cc3)c(OC)c2)ccc1NC(=O)c1ccccc1NS(=O)(=O)c1ccc(F)cc1. The topological polar surface area (TPSA) is 169 Å². The van der Waals surface area contributed by atoms with Gasteiger partial charge in [0.15, 0.2) is 0 Å². The van der Waals surface area contributed by atoms with Gasteiger partial charge < -0.3 is 20.1 Å². The summed E-state index contributed by atoms with van der Waals surface area (Å²) in [6.45, 7) is 0. The first-order valence-electron chi connectivity index (χ1n) is 16.5. The van der Waals surface area contributed by atoms with Crippen molar-refractivity contribution in [3.8, 4) is 22.6 Å². The number of sulfonamides is 2. The van der Waals surface area contributed by atoms with E-state index < -0.39 is 43.5 Å². The first kappa shape index (κ1) is 38.9. The van der Waals surface area contributed by atoms with Gasteiger partial charge in [0, 0.05) is 0 Å². The molecule has 0 fully saturated rings. The molecule has 0 aromatic heterocycles. The van der Waals surface area contributed by atoms with Crippen LogP contribution in [0, 0.1) is 11.6 Å². The summed E-state index contributed by atoms with van der Waals surface area (Å²) in [5.74, 6) is -1.93. The Bertz CT molecular complexity index is 2470. The van der Waals surface area contributed by atoms with Gasteiger partial charge in [0.2, 0.25) is 0 Å². The molecule has 0 bridgehead atoms. The summed E-state index contributed by atoms with van der Waals surface area (Å²) in [5.41, 5.74) is 1.87. The second kappa shape index (κ2) is 16.3. The maximum Gasteiger partial charge on any atom is 0.261 e. The van der Waals surface area contributed by atoms with Crippen LogP contribution < -0.4 is 29.6 Å². The number of carbonyl (C=O) groups excluding carboxylic acids is 2.